The highest BCUT2D eigenvalue weighted by Crippen LogP contribution is 2.35. The minimum Gasteiger partial charge on any atom is -0.460 e. The zero-order chi connectivity index (χ0) is 11.9. The summed E-state index contributed by atoms with van der Waals surface area (Å²) >= 11 is 3.43. The molecule has 0 saturated heterocycles. The van der Waals surface area contributed by atoms with Crippen LogP contribution in [0.3, 0.4) is 0 Å². The standard InChI is InChI=1S/C13H15BrO2/c1-13(2,3)12-10(7-15)9-6-8(14)4-5-11(9)16-12/h4-6,15H,7H2,1-3H3. The molecule has 2 aromatic rings. The van der Waals surface area contributed by atoms with E-state index in [0.29, 0.717) is 0 Å². The van der Waals surface area contributed by atoms with Crippen molar-refractivity contribution in [2.45, 2.75) is 32.8 Å². The van der Waals surface area contributed by atoms with E-state index in [-0.39, 0.29) is 12.0 Å². The molecule has 0 amide bonds. The Morgan fingerprint density at radius 2 is 2.00 bits per heavy atom. The lowest BCUT2D eigenvalue weighted by Gasteiger charge is -2.16. The van der Waals surface area contributed by atoms with E-state index < -0.39 is 0 Å². The molecule has 0 bridgehead atoms. The number of halogens is 1. The van der Waals surface area contributed by atoms with E-state index in [1.54, 1.807) is 0 Å². The van der Waals surface area contributed by atoms with Crippen molar-refractivity contribution in [3.05, 3.63) is 34.0 Å². The number of hydrogen-bond acceptors (Lipinski definition) is 2. The Bertz CT molecular complexity index is 520. The van der Waals surface area contributed by atoms with Crippen LogP contribution in [0.1, 0.15) is 32.1 Å². The monoisotopic (exact) mass is 282 g/mol. The van der Waals surface area contributed by atoms with Crippen molar-refractivity contribution in [1.29, 1.82) is 0 Å². The van der Waals surface area contributed by atoms with Crippen molar-refractivity contribution in [1.82, 2.24) is 0 Å². The van der Waals surface area contributed by atoms with Crippen LogP contribution in [0, 0.1) is 0 Å². The molecule has 86 valence electrons. The Hall–Kier alpha value is -0.800. The number of aliphatic hydroxyl groups excluding tert-OH is 1. The van der Waals surface area contributed by atoms with Crippen LogP contribution >= 0.6 is 15.9 Å². The second-order valence-electron chi connectivity index (χ2n) is 4.96. The molecule has 16 heavy (non-hydrogen) atoms. The Balaban J connectivity index is 2.77. The van der Waals surface area contributed by atoms with E-state index in [4.69, 9.17) is 4.42 Å². The van der Waals surface area contributed by atoms with Crippen molar-refractivity contribution in [2.24, 2.45) is 0 Å². The van der Waals surface area contributed by atoms with Crippen LogP contribution in [0.2, 0.25) is 0 Å². The second kappa shape index (κ2) is 3.90. The maximum atomic E-state index is 9.48. The average molecular weight is 283 g/mol. The summed E-state index contributed by atoms with van der Waals surface area (Å²) in [6, 6.07) is 5.85. The van der Waals surface area contributed by atoms with Gasteiger partial charge in [0.15, 0.2) is 0 Å². The number of hydrogen-bond donors (Lipinski definition) is 1. The average Bonchev–Trinajstić information content (AvgIpc) is 2.54. The van der Waals surface area contributed by atoms with Gasteiger partial charge in [0.2, 0.25) is 0 Å². The SMILES string of the molecule is CC(C)(C)c1oc2ccc(Br)cc2c1CO. The maximum absolute atomic E-state index is 9.48. The number of benzene rings is 1. The van der Waals surface area contributed by atoms with Crippen LogP contribution in [0.25, 0.3) is 11.0 Å². The molecule has 0 atom stereocenters. The number of aliphatic hydroxyl groups is 1. The van der Waals surface area contributed by atoms with Crippen molar-refractivity contribution < 1.29 is 9.52 Å². The number of furan rings is 1. The van der Waals surface area contributed by atoms with Gasteiger partial charge in [-0.3, -0.25) is 0 Å². The molecule has 0 spiro atoms. The molecule has 0 aliphatic rings. The van der Waals surface area contributed by atoms with Gasteiger partial charge in [-0.2, -0.15) is 0 Å². The molecule has 1 aromatic heterocycles. The Labute approximate surface area is 103 Å². The smallest absolute Gasteiger partial charge is 0.134 e. The first kappa shape index (κ1) is 11.7. The summed E-state index contributed by atoms with van der Waals surface area (Å²) in [6.07, 6.45) is 0. The molecule has 0 saturated carbocycles. The molecule has 0 aliphatic heterocycles. The molecule has 0 radical (unpaired) electrons. The van der Waals surface area contributed by atoms with Crippen LogP contribution in [-0.4, -0.2) is 5.11 Å². The third kappa shape index (κ3) is 1.89. The van der Waals surface area contributed by atoms with Crippen molar-refractivity contribution in [3.8, 4) is 0 Å². The van der Waals surface area contributed by atoms with Gasteiger partial charge in [-0.1, -0.05) is 36.7 Å². The first-order valence-corrected chi connectivity index (χ1v) is 6.05. The van der Waals surface area contributed by atoms with Crippen LogP contribution in [-0.2, 0) is 12.0 Å². The summed E-state index contributed by atoms with van der Waals surface area (Å²) < 4.78 is 6.82. The summed E-state index contributed by atoms with van der Waals surface area (Å²) in [7, 11) is 0. The van der Waals surface area contributed by atoms with E-state index in [2.05, 4.69) is 36.7 Å². The first-order chi connectivity index (χ1) is 7.43. The third-order valence-electron chi connectivity index (χ3n) is 2.59. The Morgan fingerprint density at radius 3 is 2.56 bits per heavy atom. The van der Waals surface area contributed by atoms with Gasteiger partial charge >= 0.3 is 0 Å². The highest BCUT2D eigenvalue weighted by molar-refractivity contribution is 9.10. The van der Waals surface area contributed by atoms with Crippen molar-refractivity contribution in [2.75, 3.05) is 0 Å². The molecule has 0 fully saturated rings. The van der Waals surface area contributed by atoms with Crippen LogP contribution in [0.4, 0.5) is 0 Å². The summed E-state index contributed by atoms with van der Waals surface area (Å²) in [5, 5.41) is 10.5. The van der Waals surface area contributed by atoms with Gasteiger partial charge in [-0.15, -0.1) is 0 Å². The van der Waals surface area contributed by atoms with Gasteiger partial charge in [-0.05, 0) is 18.2 Å². The highest BCUT2D eigenvalue weighted by Gasteiger charge is 2.24. The van der Waals surface area contributed by atoms with Crippen molar-refractivity contribution in [3.63, 3.8) is 0 Å². The van der Waals surface area contributed by atoms with E-state index in [0.717, 1.165) is 26.8 Å². The summed E-state index contributed by atoms with van der Waals surface area (Å²) in [5.41, 5.74) is 1.63. The van der Waals surface area contributed by atoms with Crippen LogP contribution in [0.5, 0.6) is 0 Å². The molecule has 2 rings (SSSR count). The molecule has 1 N–H and O–H groups in total. The van der Waals surface area contributed by atoms with Gasteiger partial charge in [-0.25, -0.2) is 0 Å². The molecular weight excluding hydrogens is 268 g/mol. The summed E-state index contributed by atoms with van der Waals surface area (Å²) in [6.45, 7) is 6.26. The van der Waals surface area contributed by atoms with Gasteiger partial charge in [0.05, 0.1) is 6.61 Å². The van der Waals surface area contributed by atoms with Gasteiger partial charge < -0.3 is 9.52 Å². The highest BCUT2D eigenvalue weighted by atomic mass is 79.9. The lowest BCUT2D eigenvalue weighted by Crippen LogP contribution is -2.12. The van der Waals surface area contributed by atoms with Crippen LogP contribution < -0.4 is 0 Å². The Morgan fingerprint density at radius 1 is 1.31 bits per heavy atom. The fourth-order valence-corrected chi connectivity index (χ4v) is 2.24. The lowest BCUT2D eigenvalue weighted by atomic mass is 9.90. The van der Waals surface area contributed by atoms with Gasteiger partial charge in [0.25, 0.3) is 0 Å². The first-order valence-electron chi connectivity index (χ1n) is 5.26. The normalized spacial score (nSPS) is 12.3. The molecule has 0 aliphatic carbocycles. The zero-order valence-corrected chi connectivity index (χ0v) is 11.3. The van der Waals surface area contributed by atoms with Crippen LogP contribution in [0.15, 0.2) is 27.1 Å². The summed E-state index contributed by atoms with van der Waals surface area (Å²) in [4.78, 5) is 0. The van der Waals surface area contributed by atoms with E-state index >= 15 is 0 Å². The molecule has 3 heteroatoms. The molecule has 1 aromatic carbocycles. The molecule has 1 heterocycles. The molecule has 0 unspecified atom stereocenters. The van der Waals surface area contributed by atoms with E-state index in [1.165, 1.54) is 0 Å². The summed E-state index contributed by atoms with van der Waals surface area (Å²) in [5.74, 6) is 0.864. The number of fused-ring (bicyclic) bond motifs is 1. The van der Waals surface area contributed by atoms with Crippen molar-refractivity contribution >= 4 is 26.9 Å². The quantitative estimate of drug-likeness (QED) is 0.858. The minimum absolute atomic E-state index is 0.00998. The largest absolute Gasteiger partial charge is 0.460 e. The van der Waals surface area contributed by atoms with Gasteiger partial charge in [0.1, 0.15) is 11.3 Å². The molecule has 2 nitrogen and oxygen atoms in total. The third-order valence-corrected chi connectivity index (χ3v) is 3.09. The van der Waals surface area contributed by atoms with E-state index in [1.807, 2.05) is 18.2 Å². The predicted octanol–water partition coefficient (Wildman–Crippen LogP) is 3.99. The van der Waals surface area contributed by atoms with E-state index in [9.17, 15) is 5.11 Å². The fraction of sp³-hybridized carbons (Fsp3) is 0.385. The molecular formula is C13H15BrO2. The Kier molecular flexibility index (Phi) is 2.84. The zero-order valence-electron chi connectivity index (χ0n) is 9.67. The van der Waals surface area contributed by atoms with Gasteiger partial charge in [0, 0.05) is 20.8 Å². The second-order valence-corrected chi connectivity index (χ2v) is 5.87. The fourth-order valence-electron chi connectivity index (χ4n) is 1.88. The minimum atomic E-state index is -0.0937. The predicted molar refractivity (Wildman–Crippen MR) is 68.5 cm³/mol. The number of rotatable bonds is 1. The topological polar surface area (TPSA) is 33.4 Å². The maximum Gasteiger partial charge on any atom is 0.134 e. The lowest BCUT2D eigenvalue weighted by molar-refractivity contribution is 0.274.